The fourth-order valence-electron chi connectivity index (χ4n) is 3.07. The Morgan fingerprint density at radius 3 is 2.12 bits per heavy atom. The Hall–Kier alpha value is -1.99. The van der Waals surface area contributed by atoms with Crippen molar-refractivity contribution in [3.8, 4) is 0 Å². The highest BCUT2D eigenvalue weighted by Crippen LogP contribution is 2.26. The maximum absolute atomic E-state index is 13.4. The molecule has 1 aliphatic rings. The highest BCUT2D eigenvalue weighted by Gasteiger charge is 2.29. The molecule has 1 heterocycles. The van der Waals surface area contributed by atoms with Crippen molar-refractivity contribution in [2.75, 3.05) is 31.1 Å². The van der Waals surface area contributed by atoms with Gasteiger partial charge in [0.05, 0.1) is 4.90 Å². The van der Waals surface area contributed by atoms with Crippen molar-refractivity contribution in [3.05, 3.63) is 59.2 Å². The quantitative estimate of drug-likeness (QED) is 0.838. The van der Waals surface area contributed by atoms with Gasteiger partial charge in [0.1, 0.15) is 11.6 Å². The van der Waals surface area contributed by atoms with Gasteiger partial charge in [-0.1, -0.05) is 12.1 Å². The third-order valence-corrected chi connectivity index (χ3v) is 6.51. The average Bonchev–Trinajstić information content (AvgIpc) is 2.56. The van der Waals surface area contributed by atoms with Gasteiger partial charge in [0.15, 0.2) is 0 Å². The summed E-state index contributed by atoms with van der Waals surface area (Å²) in [5, 5.41) is 0. The van der Waals surface area contributed by atoms with E-state index in [-0.39, 0.29) is 18.0 Å². The van der Waals surface area contributed by atoms with E-state index >= 15 is 0 Å². The lowest BCUT2D eigenvalue weighted by Gasteiger charge is -2.36. The number of rotatable bonds is 3. The SMILES string of the molecule is Cc1cccc(N2CCN(S(=O)(=O)c3cc(F)cc(F)c3)CC2)c1C. The summed E-state index contributed by atoms with van der Waals surface area (Å²) in [4.78, 5) is 1.80. The zero-order chi connectivity index (χ0) is 18.2. The Morgan fingerprint density at radius 1 is 0.920 bits per heavy atom. The molecule has 1 fully saturated rings. The summed E-state index contributed by atoms with van der Waals surface area (Å²) in [6.07, 6.45) is 0. The van der Waals surface area contributed by atoms with Crippen LogP contribution in [0.2, 0.25) is 0 Å². The lowest BCUT2D eigenvalue weighted by Crippen LogP contribution is -2.48. The van der Waals surface area contributed by atoms with Crippen LogP contribution in [-0.4, -0.2) is 38.9 Å². The first-order valence-electron chi connectivity index (χ1n) is 8.06. The van der Waals surface area contributed by atoms with Gasteiger partial charge in [-0.2, -0.15) is 4.31 Å². The Kier molecular flexibility index (Phi) is 4.79. The van der Waals surface area contributed by atoms with Gasteiger partial charge < -0.3 is 4.90 Å². The fraction of sp³-hybridized carbons (Fsp3) is 0.333. The minimum atomic E-state index is -3.90. The van der Waals surface area contributed by atoms with Crippen molar-refractivity contribution >= 4 is 15.7 Å². The van der Waals surface area contributed by atoms with Gasteiger partial charge in [-0.05, 0) is 43.2 Å². The highest BCUT2D eigenvalue weighted by molar-refractivity contribution is 7.89. The molecule has 0 radical (unpaired) electrons. The molecule has 7 heteroatoms. The Labute approximate surface area is 146 Å². The molecule has 0 bridgehead atoms. The zero-order valence-corrected chi connectivity index (χ0v) is 15.0. The number of aryl methyl sites for hydroxylation is 1. The van der Waals surface area contributed by atoms with Gasteiger partial charge in [0, 0.05) is 37.9 Å². The van der Waals surface area contributed by atoms with Crippen LogP contribution in [0.4, 0.5) is 14.5 Å². The molecule has 2 aromatic rings. The van der Waals surface area contributed by atoms with Gasteiger partial charge in [0.25, 0.3) is 0 Å². The molecular weight excluding hydrogens is 346 g/mol. The molecule has 0 unspecified atom stereocenters. The largest absolute Gasteiger partial charge is 0.369 e. The number of halogens is 2. The number of benzene rings is 2. The summed E-state index contributed by atoms with van der Waals surface area (Å²) < 4.78 is 53.3. The van der Waals surface area contributed by atoms with Crippen LogP contribution in [0.15, 0.2) is 41.3 Å². The number of hydrogen-bond acceptors (Lipinski definition) is 3. The predicted molar refractivity (Wildman–Crippen MR) is 93.2 cm³/mol. The van der Waals surface area contributed by atoms with Crippen molar-refractivity contribution in [1.82, 2.24) is 4.31 Å². The van der Waals surface area contributed by atoms with Crippen molar-refractivity contribution < 1.29 is 17.2 Å². The summed E-state index contributed by atoms with van der Waals surface area (Å²) >= 11 is 0. The van der Waals surface area contributed by atoms with Crippen LogP contribution in [0.1, 0.15) is 11.1 Å². The highest BCUT2D eigenvalue weighted by atomic mass is 32.2. The second kappa shape index (κ2) is 6.72. The number of hydrogen-bond donors (Lipinski definition) is 0. The Balaban J connectivity index is 1.78. The van der Waals surface area contributed by atoms with Crippen LogP contribution in [0, 0.1) is 25.5 Å². The number of sulfonamides is 1. The normalized spacial score (nSPS) is 16.2. The summed E-state index contributed by atoms with van der Waals surface area (Å²) in [6.45, 7) is 5.69. The molecule has 2 aromatic carbocycles. The lowest BCUT2D eigenvalue weighted by atomic mass is 10.1. The van der Waals surface area contributed by atoms with Crippen LogP contribution in [0.25, 0.3) is 0 Å². The molecule has 0 aromatic heterocycles. The first-order chi connectivity index (χ1) is 11.8. The molecule has 0 saturated carbocycles. The van der Waals surface area contributed by atoms with E-state index in [2.05, 4.69) is 4.90 Å². The van der Waals surface area contributed by atoms with E-state index in [0.29, 0.717) is 19.2 Å². The van der Waals surface area contributed by atoms with Crippen LogP contribution in [0.5, 0.6) is 0 Å². The number of piperazine rings is 1. The predicted octanol–water partition coefficient (Wildman–Crippen LogP) is 3.09. The molecule has 1 aliphatic heterocycles. The first kappa shape index (κ1) is 17.8. The van der Waals surface area contributed by atoms with E-state index in [1.165, 1.54) is 15.4 Å². The Morgan fingerprint density at radius 2 is 1.52 bits per heavy atom. The van der Waals surface area contributed by atoms with E-state index in [4.69, 9.17) is 0 Å². The van der Waals surface area contributed by atoms with Gasteiger partial charge in [-0.25, -0.2) is 17.2 Å². The maximum atomic E-state index is 13.4. The molecule has 3 rings (SSSR count). The molecule has 134 valence electrons. The molecule has 4 nitrogen and oxygen atoms in total. The second-order valence-electron chi connectivity index (χ2n) is 6.22. The second-order valence-corrected chi connectivity index (χ2v) is 8.15. The molecule has 0 atom stereocenters. The van der Waals surface area contributed by atoms with Crippen molar-refractivity contribution in [1.29, 1.82) is 0 Å². The summed E-state index contributed by atoms with van der Waals surface area (Å²) in [5.74, 6) is -1.79. The standard InChI is InChI=1S/C18H20F2N2O2S/c1-13-4-3-5-18(14(13)2)21-6-8-22(9-7-21)25(23,24)17-11-15(19)10-16(20)12-17/h3-5,10-12H,6-9H2,1-2H3. The number of nitrogens with zero attached hydrogens (tertiary/aromatic N) is 2. The molecule has 0 N–H and O–H groups in total. The van der Waals surface area contributed by atoms with Gasteiger partial charge in [-0.15, -0.1) is 0 Å². The lowest BCUT2D eigenvalue weighted by molar-refractivity contribution is 0.384. The van der Waals surface area contributed by atoms with E-state index in [9.17, 15) is 17.2 Å². The third kappa shape index (κ3) is 3.52. The van der Waals surface area contributed by atoms with E-state index in [1.807, 2.05) is 32.0 Å². The molecule has 1 saturated heterocycles. The number of anilines is 1. The minimum absolute atomic E-state index is 0.272. The first-order valence-corrected chi connectivity index (χ1v) is 9.50. The molecule has 0 amide bonds. The Bertz CT molecular complexity index is 872. The van der Waals surface area contributed by atoms with E-state index in [1.54, 1.807) is 0 Å². The third-order valence-electron chi connectivity index (χ3n) is 4.63. The summed E-state index contributed by atoms with van der Waals surface area (Å²) in [6, 6.07) is 8.42. The van der Waals surface area contributed by atoms with Crippen molar-refractivity contribution in [2.45, 2.75) is 18.7 Å². The van der Waals surface area contributed by atoms with Crippen LogP contribution in [0.3, 0.4) is 0 Å². The van der Waals surface area contributed by atoms with Gasteiger partial charge in [0.2, 0.25) is 10.0 Å². The van der Waals surface area contributed by atoms with Gasteiger partial charge >= 0.3 is 0 Å². The molecule has 25 heavy (non-hydrogen) atoms. The molecular formula is C18H20F2N2O2S. The maximum Gasteiger partial charge on any atom is 0.243 e. The summed E-state index contributed by atoms with van der Waals surface area (Å²) in [7, 11) is -3.90. The zero-order valence-electron chi connectivity index (χ0n) is 14.2. The smallest absolute Gasteiger partial charge is 0.243 e. The summed E-state index contributed by atoms with van der Waals surface area (Å²) in [5.41, 5.74) is 3.45. The van der Waals surface area contributed by atoms with E-state index in [0.717, 1.165) is 17.8 Å². The molecule has 0 aliphatic carbocycles. The van der Waals surface area contributed by atoms with Crippen molar-refractivity contribution in [3.63, 3.8) is 0 Å². The topological polar surface area (TPSA) is 40.6 Å². The van der Waals surface area contributed by atoms with E-state index < -0.39 is 21.7 Å². The van der Waals surface area contributed by atoms with Crippen LogP contribution >= 0.6 is 0 Å². The minimum Gasteiger partial charge on any atom is -0.369 e. The van der Waals surface area contributed by atoms with Crippen LogP contribution in [-0.2, 0) is 10.0 Å². The van der Waals surface area contributed by atoms with Gasteiger partial charge in [-0.3, -0.25) is 0 Å². The average molecular weight is 366 g/mol. The molecule has 0 spiro atoms. The monoisotopic (exact) mass is 366 g/mol. The fourth-order valence-corrected chi connectivity index (χ4v) is 4.54. The van der Waals surface area contributed by atoms with Crippen molar-refractivity contribution in [2.24, 2.45) is 0 Å². The van der Waals surface area contributed by atoms with Crippen LogP contribution < -0.4 is 4.90 Å².